The molecule has 0 bridgehead atoms. The topological polar surface area (TPSA) is 84.2 Å². The number of carbonyl (C=O) groups excluding carboxylic acids is 1. The molecule has 3 aromatic rings. The van der Waals surface area contributed by atoms with Crippen LogP contribution in [0, 0.1) is 6.92 Å². The second-order valence-electron chi connectivity index (χ2n) is 5.75. The first-order valence-corrected chi connectivity index (χ1v) is 8.20. The minimum Gasteiger partial charge on any atom is -0.503 e. The minimum absolute atomic E-state index is 0.385. The summed E-state index contributed by atoms with van der Waals surface area (Å²) in [6, 6.07) is 12.9. The fraction of sp³-hybridized carbons (Fsp3) is 0.105. The van der Waals surface area contributed by atoms with Gasteiger partial charge in [0.2, 0.25) is 0 Å². The Balaban J connectivity index is 2.25. The minimum atomic E-state index is -0.823. The number of rotatable bonds is 3. The molecule has 1 aromatic heterocycles. The quantitative estimate of drug-likeness (QED) is 0.743. The maximum absolute atomic E-state index is 12.0. The molecule has 1 amide bonds. The third-order valence-electron chi connectivity index (χ3n) is 3.85. The van der Waals surface area contributed by atoms with E-state index >= 15 is 0 Å². The van der Waals surface area contributed by atoms with Gasteiger partial charge in [-0.2, -0.15) is 5.10 Å². The molecule has 0 saturated carbocycles. The predicted octanol–water partition coefficient (Wildman–Crippen LogP) is 2.93. The van der Waals surface area contributed by atoms with Crippen molar-refractivity contribution in [3.05, 3.63) is 75.2 Å². The Kier molecular flexibility index (Phi) is 4.77. The van der Waals surface area contributed by atoms with Gasteiger partial charge in [-0.1, -0.05) is 35.9 Å². The van der Waals surface area contributed by atoms with Gasteiger partial charge in [-0.15, -0.1) is 0 Å². The van der Waals surface area contributed by atoms with Gasteiger partial charge in [0.1, 0.15) is 0 Å². The van der Waals surface area contributed by atoms with Crippen molar-refractivity contribution >= 4 is 17.5 Å². The van der Waals surface area contributed by atoms with Crippen LogP contribution in [0.1, 0.15) is 16.1 Å². The van der Waals surface area contributed by atoms with E-state index < -0.39 is 17.1 Å². The molecule has 1 heterocycles. The number of amides is 1. The lowest BCUT2D eigenvalue weighted by Gasteiger charge is -2.14. The highest BCUT2D eigenvalue weighted by atomic mass is 35.5. The highest BCUT2D eigenvalue weighted by Crippen LogP contribution is 2.29. The molecule has 0 fully saturated rings. The number of aromatic hydroxyl groups is 1. The summed E-state index contributed by atoms with van der Waals surface area (Å²) in [5, 5.41) is 17.0. The number of hydrogen-bond acceptors (Lipinski definition) is 4. The molecule has 2 N–H and O–H groups in total. The Bertz CT molecular complexity index is 1040. The predicted molar refractivity (Wildman–Crippen MR) is 100 cm³/mol. The molecule has 3 rings (SSSR count). The number of benzene rings is 2. The van der Waals surface area contributed by atoms with Crippen molar-refractivity contribution < 1.29 is 9.90 Å². The molecular formula is C19H16ClN3O3. The molecule has 6 nitrogen and oxygen atoms in total. The lowest BCUT2D eigenvalue weighted by molar-refractivity contribution is 0.0954. The van der Waals surface area contributed by atoms with E-state index in [-0.39, 0.29) is 5.69 Å². The summed E-state index contributed by atoms with van der Waals surface area (Å²) in [4.78, 5) is 23.9. The summed E-state index contributed by atoms with van der Waals surface area (Å²) in [5.74, 6) is -1.23. The molecule has 2 aromatic carbocycles. The number of aryl methyl sites for hydroxylation is 1. The first-order valence-electron chi connectivity index (χ1n) is 7.82. The first kappa shape index (κ1) is 17.7. The van der Waals surface area contributed by atoms with Crippen LogP contribution in [0.15, 0.2) is 53.5 Å². The fourth-order valence-corrected chi connectivity index (χ4v) is 2.97. The third kappa shape index (κ3) is 3.32. The van der Waals surface area contributed by atoms with E-state index in [9.17, 15) is 14.7 Å². The van der Waals surface area contributed by atoms with Crippen molar-refractivity contribution in [2.45, 2.75) is 6.92 Å². The van der Waals surface area contributed by atoms with Gasteiger partial charge in [-0.3, -0.25) is 9.59 Å². The molecule has 26 heavy (non-hydrogen) atoms. The van der Waals surface area contributed by atoms with Gasteiger partial charge in [-0.05, 0) is 36.2 Å². The average Bonchev–Trinajstić information content (AvgIpc) is 2.62. The molecule has 0 saturated heterocycles. The van der Waals surface area contributed by atoms with Crippen LogP contribution >= 0.6 is 11.6 Å². The van der Waals surface area contributed by atoms with Gasteiger partial charge in [-0.25, -0.2) is 4.68 Å². The van der Waals surface area contributed by atoms with Gasteiger partial charge < -0.3 is 10.4 Å². The summed E-state index contributed by atoms with van der Waals surface area (Å²) in [6.45, 7) is 1.94. The number of para-hydroxylation sites is 1. The molecule has 0 aliphatic carbocycles. The van der Waals surface area contributed by atoms with Crippen molar-refractivity contribution in [2.24, 2.45) is 0 Å². The van der Waals surface area contributed by atoms with E-state index in [1.54, 1.807) is 12.1 Å². The maximum Gasteiger partial charge on any atom is 0.275 e. The summed E-state index contributed by atoms with van der Waals surface area (Å²) < 4.78 is 1.31. The average molecular weight is 370 g/mol. The zero-order valence-electron chi connectivity index (χ0n) is 14.2. The van der Waals surface area contributed by atoms with Crippen molar-refractivity contribution in [1.29, 1.82) is 0 Å². The van der Waals surface area contributed by atoms with E-state index in [1.165, 1.54) is 17.9 Å². The van der Waals surface area contributed by atoms with Crippen molar-refractivity contribution in [3.63, 3.8) is 0 Å². The largest absolute Gasteiger partial charge is 0.503 e. The smallest absolute Gasteiger partial charge is 0.275 e. The molecule has 132 valence electrons. The Morgan fingerprint density at radius 3 is 2.65 bits per heavy atom. The summed E-state index contributed by atoms with van der Waals surface area (Å²) in [6.07, 6.45) is 1.19. The van der Waals surface area contributed by atoms with Crippen molar-refractivity contribution in [3.8, 4) is 22.6 Å². The van der Waals surface area contributed by atoms with Crippen LogP contribution in [0.5, 0.6) is 5.75 Å². The Morgan fingerprint density at radius 2 is 1.96 bits per heavy atom. The van der Waals surface area contributed by atoms with Gasteiger partial charge in [0.25, 0.3) is 11.3 Å². The van der Waals surface area contributed by atoms with Crippen LogP contribution < -0.4 is 10.7 Å². The number of aromatic nitrogens is 2. The van der Waals surface area contributed by atoms with E-state index in [4.69, 9.17) is 11.6 Å². The zero-order valence-corrected chi connectivity index (χ0v) is 14.9. The van der Waals surface area contributed by atoms with Crippen molar-refractivity contribution in [2.75, 3.05) is 7.05 Å². The molecule has 0 aliphatic heterocycles. The van der Waals surface area contributed by atoms with Crippen LogP contribution in [0.3, 0.4) is 0 Å². The van der Waals surface area contributed by atoms with Crippen molar-refractivity contribution in [1.82, 2.24) is 15.1 Å². The lowest BCUT2D eigenvalue weighted by Crippen LogP contribution is -2.29. The molecule has 0 aliphatic rings. The number of nitrogens with zero attached hydrogens (tertiary/aromatic N) is 2. The number of carbonyl (C=O) groups is 1. The SMILES string of the molecule is CNC(=O)c1nn(-c2ccccc2-c2cc(C)cc(Cl)c2)cc(O)c1=O. The Labute approximate surface area is 154 Å². The summed E-state index contributed by atoms with van der Waals surface area (Å²) in [5.41, 5.74) is 2.02. The van der Waals surface area contributed by atoms with Crippen LogP contribution in [-0.4, -0.2) is 27.8 Å². The first-order chi connectivity index (χ1) is 12.4. The van der Waals surface area contributed by atoms with E-state index in [0.29, 0.717) is 10.7 Å². The zero-order chi connectivity index (χ0) is 18.8. The monoisotopic (exact) mass is 369 g/mol. The number of halogens is 1. The molecule has 0 unspecified atom stereocenters. The van der Waals surface area contributed by atoms with Gasteiger partial charge >= 0.3 is 0 Å². The van der Waals surface area contributed by atoms with E-state index in [0.717, 1.165) is 16.7 Å². The van der Waals surface area contributed by atoms with Crippen LogP contribution in [-0.2, 0) is 0 Å². The van der Waals surface area contributed by atoms with E-state index in [2.05, 4.69) is 10.4 Å². The van der Waals surface area contributed by atoms with Gasteiger partial charge in [0.15, 0.2) is 11.4 Å². The molecular weight excluding hydrogens is 354 g/mol. The molecule has 0 spiro atoms. The van der Waals surface area contributed by atoms with Crippen LogP contribution in [0.4, 0.5) is 0 Å². The second-order valence-corrected chi connectivity index (χ2v) is 6.19. The fourth-order valence-electron chi connectivity index (χ4n) is 2.68. The van der Waals surface area contributed by atoms with Crippen LogP contribution in [0.2, 0.25) is 5.02 Å². The highest BCUT2D eigenvalue weighted by Gasteiger charge is 2.17. The highest BCUT2D eigenvalue weighted by molar-refractivity contribution is 6.31. The summed E-state index contributed by atoms with van der Waals surface area (Å²) in [7, 11) is 1.39. The lowest BCUT2D eigenvalue weighted by atomic mass is 10.0. The third-order valence-corrected chi connectivity index (χ3v) is 4.06. The Morgan fingerprint density at radius 1 is 1.23 bits per heavy atom. The summed E-state index contributed by atoms with van der Waals surface area (Å²) >= 11 is 6.17. The second kappa shape index (κ2) is 7.01. The van der Waals surface area contributed by atoms with Crippen LogP contribution in [0.25, 0.3) is 16.8 Å². The maximum atomic E-state index is 12.0. The molecule has 0 radical (unpaired) electrons. The molecule has 0 atom stereocenters. The molecule has 7 heteroatoms. The van der Waals surface area contributed by atoms with Gasteiger partial charge in [0, 0.05) is 17.6 Å². The standard InChI is InChI=1S/C19H16ClN3O3/c1-11-7-12(9-13(20)8-11)14-5-3-4-6-15(14)23-10-16(24)18(25)17(22-23)19(26)21-2/h3-10,24H,1-2H3,(H,21,26). The number of nitrogens with one attached hydrogen (secondary N) is 1. The Hall–Kier alpha value is -3.12. The number of hydrogen-bond donors (Lipinski definition) is 2. The normalized spacial score (nSPS) is 10.6. The van der Waals surface area contributed by atoms with E-state index in [1.807, 2.05) is 37.3 Å². The van der Waals surface area contributed by atoms with Gasteiger partial charge in [0.05, 0.1) is 11.9 Å².